The summed E-state index contributed by atoms with van der Waals surface area (Å²) in [6, 6.07) is 12.2. The van der Waals surface area contributed by atoms with Crippen molar-refractivity contribution in [2.75, 3.05) is 0 Å². The fourth-order valence-corrected chi connectivity index (χ4v) is 2.81. The van der Waals surface area contributed by atoms with E-state index in [9.17, 15) is 20.0 Å². The molecule has 1 amide bonds. The first-order valence-electron chi connectivity index (χ1n) is 6.84. The number of nitrogens with one attached hydrogen (secondary N) is 1. The topological polar surface area (TPSA) is 105 Å². The Morgan fingerprint density at radius 2 is 1.79 bits per heavy atom. The first-order valence-corrected chi connectivity index (χ1v) is 7.66. The molecule has 2 aromatic rings. The minimum absolute atomic E-state index is 0.00439. The van der Waals surface area contributed by atoms with Crippen molar-refractivity contribution < 1.29 is 14.8 Å². The van der Waals surface area contributed by atoms with Gasteiger partial charge in [0.05, 0.1) is 15.5 Å². The Morgan fingerprint density at radius 3 is 2.42 bits per heavy atom. The molecule has 24 heavy (non-hydrogen) atoms. The molecule has 2 N–H and O–H groups in total. The summed E-state index contributed by atoms with van der Waals surface area (Å²) < 4.78 is 0. The quantitative estimate of drug-likeness (QED) is 0.507. The van der Waals surface area contributed by atoms with Crippen LogP contribution in [0.1, 0.15) is 5.56 Å². The van der Waals surface area contributed by atoms with E-state index < -0.39 is 4.92 Å². The lowest BCUT2D eigenvalue weighted by Crippen LogP contribution is -2.19. The lowest BCUT2D eigenvalue weighted by molar-refractivity contribution is -0.384. The van der Waals surface area contributed by atoms with Gasteiger partial charge in [0.25, 0.3) is 11.6 Å². The zero-order chi connectivity index (χ0) is 17.1. The van der Waals surface area contributed by atoms with Crippen LogP contribution in [-0.4, -0.2) is 21.1 Å². The maximum absolute atomic E-state index is 12.0. The Hall–Kier alpha value is -3.13. The molecule has 1 aliphatic rings. The summed E-state index contributed by atoms with van der Waals surface area (Å²) in [5.41, 5.74) is 1.28. The molecule has 3 rings (SSSR count). The maximum atomic E-state index is 12.0. The summed E-state index contributed by atoms with van der Waals surface area (Å²) in [6.45, 7) is 0. The molecule has 0 saturated carbocycles. The van der Waals surface area contributed by atoms with Gasteiger partial charge in [0.1, 0.15) is 5.75 Å². The van der Waals surface area contributed by atoms with E-state index in [4.69, 9.17) is 0 Å². The predicted molar refractivity (Wildman–Crippen MR) is 92.0 cm³/mol. The molecule has 0 aliphatic carbocycles. The number of aliphatic imine (C=N–C) groups is 1. The Morgan fingerprint density at radius 1 is 1.12 bits per heavy atom. The molecule has 0 radical (unpaired) electrons. The third-order valence-corrected chi connectivity index (χ3v) is 4.04. The molecule has 0 spiro atoms. The van der Waals surface area contributed by atoms with Crippen molar-refractivity contribution in [1.29, 1.82) is 0 Å². The van der Waals surface area contributed by atoms with Gasteiger partial charge in [-0.2, -0.15) is 0 Å². The number of carbonyl (C=O) groups excluding carboxylic acids is 1. The number of amidine groups is 1. The van der Waals surface area contributed by atoms with E-state index in [2.05, 4.69) is 10.3 Å². The smallest absolute Gasteiger partial charge is 0.269 e. The number of rotatable bonds is 3. The average Bonchev–Trinajstić information content (AvgIpc) is 2.89. The predicted octanol–water partition coefficient (Wildman–Crippen LogP) is 3.19. The van der Waals surface area contributed by atoms with Crippen molar-refractivity contribution in [2.24, 2.45) is 4.99 Å². The number of carbonyl (C=O) groups is 1. The van der Waals surface area contributed by atoms with Crippen LogP contribution in [0, 0.1) is 10.1 Å². The van der Waals surface area contributed by atoms with Gasteiger partial charge >= 0.3 is 0 Å². The van der Waals surface area contributed by atoms with Crippen molar-refractivity contribution in [3.63, 3.8) is 0 Å². The normalized spacial score (nSPS) is 17.2. The highest BCUT2D eigenvalue weighted by atomic mass is 32.2. The number of aromatic hydroxyl groups is 1. The molecular formula is C16H11N3O4S. The molecule has 1 aliphatic heterocycles. The van der Waals surface area contributed by atoms with Crippen molar-refractivity contribution in [2.45, 2.75) is 0 Å². The van der Waals surface area contributed by atoms with Gasteiger partial charge in [-0.3, -0.25) is 14.9 Å². The summed E-state index contributed by atoms with van der Waals surface area (Å²) in [7, 11) is 0. The van der Waals surface area contributed by atoms with Crippen LogP contribution < -0.4 is 5.32 Å². The van der Waals surface area contributed by atoms with Gasteiger partial charge in [-0.1, -0.05) is 0 Å². The average molecular weight is 341 g/mol. The lowest BCUT2D eigenvalue weighted by Gasteiger charge is -1.96. The molecule has 8 heteroatoms. The minimum atomic E-state index is -0.476. The number of nitrogens with zero attached hydrogens (tertiary/aromatic N) is 2. The molecule has 1 heterocycles. The van der Waals surface area contributed by atoms with E-state index in [1.165, 1.54) is 36.0 Å². The summed E-state index contributed by atoms with van der Waals surface area (Å²) >= 11 is 1.18. The number of amides is 1. The second-order valence-corrected chi connectivity index (χ2v) is 5.88. The summed E-state index contributed by atoms with van der Waals surface area (Å²) in [4.78, 5) is 26.9. The number of hydrogen-bond donors (Lipinski definition) is 2. The zero-order valence-corrected chi connectivity index (χ0v) is 13.0. The van der Waals surface area contributed by atoms with Crippen LogP contribution in [0.2, 0.25) is 0 Å². The van der Waals surface area contributed by atoms with Crippen LogP contribution in [0.4, 0.5) is 11.4 Å². The van der Waals surface area contributed by atoms with Crippen molar-refractivity contribution >= 4 is 40.3 Å². The summed E-state index contributed by atoms with van der Waals surface area (Å²) in [5, 5.41) is 23.0. The standard InChI is InChI=1S/C16H11N3O4S/c20-13-7-3-11(4-8-13)17-16-18-15(21)14(24-16)9-10-1-5-12(6-2-10)19(22)23/h1-9,20H,(H,17,18,21). The third-order valence-electron chi connectivity index (χ3n) is 3.13. The fraction of sp³-hybridized carbons (Fsp3) is 0. The SMILES string of the molecule is O=C1NC(=Nc2ccc(O)cc2)SC1=Cc1ccc([N+](=O)[O-])cc1. The zero-order valence-electron chi connectivity index (χ0n) is 12.2. The van der Waals surface area contributed by atoms with E-state index in [-0.39, 0.29) is 17.3 Å². The molecule has 0 atom stereocenters. The van der Waals surface area contributed by atoms with E-state index in [0.29, 0.717) is 21.3 Å². The monoisotopic (exact) mass is 341 g/mol. The van der Waals surface area contributed by atoms with Crippen molar-refractivity contribution in [3.8, 4) is 5.75 Å². The molecular weight excluding hydrogens is 330 g/mol. The fourth-order valence-electron chi connectivity index (χ4n) is 1.97. The molecule has 0 bridgehead atoms. The first-order chi connectivity index (χ1) is 11.5. The largest absolute Gasteiger partial charge is 0.508 e. The van der Waals surface area contributed by atoms with Gasteiger partial charge in [0.2, 0.25) is 0 Å². The van der Waals surface area contributed by atoms with Crippen LogP contribution in [-0.2, 0) is 4.79 Å². The number of nitro groups is 1. The number of benzene rings is 2. The van der Waals surface area contributed by atoms with Gasteiger partial charge in [0, 0.05) is 12.1 Å². The van der Waals surface area contributed by atoms with Gasteiger partial charge in [-0.05, 0) is 59.8 Å². The van der Waals surface area contributed by atoms with Crippen LogP contribution in [0.3, 0.4) is 0 Å². The third kappa shape index (κ3) is 3.61. The first kappa shape index (κ1) is 15.8. The number of non-ortho nitro benzene ring substituents is 1. The number of phenolic OH excluding ortho intramolecular Hbond substituents is 1. The van der Waals surface area contributed by atoms with E-state index in [0.717, 1.165) is 0 Å². The van der Waals surface area contributed by atoms with E-state index >= 15 is 0 Å². The summed E-state index contributed by atoms with van der Waals surface area (Å²) in [6.07, 6.45) is 1.64. The van der Waals surface area contributed by atoms with Crippen LogP contribution >= 0.6 is 11.8 Å². The second-order valence-electron chi connectivity index (χ2n) is 4.85. The number of hydrogen-bond acceptors (Lipinski definition) is 6. The van der Waals surface area contributed by atoms with Crippen LogP contribution in [0.25, 0.3) is 6.08 Å². The Labute approximate surface area is 140 Å². The molecule has 1 saturated heterocycles. The molecule has 2 aromatic carbocycles. The Kier molecular flexibility index (Phi) is 4.30. The van der Waals surface area contributed by atoms with Gasteiger partial charge < -0.3 is 10.4 Å². The van der Waals surface area contributed by atoms with E-state index in [1.807, 2.05) is 0 Å². The molecule has 7 nitrogen and oxygen atoms in total. The second kappa shape index (κ2) is 6.55. The maximum Gasteiger partial charge on any atom is 0.269 e. The highest BCUT2D eigenvalue weighted by Gasteiger charge is 2.23. The highest BCUT2D eigenvalue weighted by molar-refractivity contribution is 8.18. The molecule has 1 fully saturated rings. The Balaban J connectivity index is 1.79. The number of nitro benzene ring substituents is 1. The number of thioether (sulfide) groups is 1. The van der Waals surface area contributed by atoms with Crippen molar-refractivity contribution in [1.82, 2.24) is 5.32 Å². The van der Waals surface area contributed by atoms with Crippen molar-refractivity contribution in [3.05, 3.63) is 69.1 Å². The highest BCUT2D eigenvalue weighted by Crippen LogP contribution is 2.28. The minimum Gasteiger partial charge on any atom is -0.508 e. The van der Waals surface area contributed by atoms with Crippen LogP contribution in [0.5, 0.6) is 5.75 Å². The van der Waals surface area contributed by atoms with Gasteiger partial charge in [0.15, 0.2) is 5.17 Å². The molecule has 120 valence electrons. The summed E-state index contributed by atoms with van der Waals surface area (Å²) in [5.74, 6) is -0.142. The molecule has 0 unspecified atom stereocenters. The van der Waals surface area contributed by atoms with E-state index in [1.54, 1.807) is 30.3 Å². The Bertz CT molecular complexity index is 858. The van der Waals surface area contributed by atoms with Gasteiger partial charge in [-0.25, -0.2) is 4.99 Å². The van der Waals surface area contributed by atoms with Gasteiger partial charge in [-0.15, -0.1) is 0 Å². The molecule has 0 aromatic heterocycles. The van der Waals surface area contributed by atoms with Crippen LogP contribution in [0.15, 0.2) is 58.4 Å². The number of phenols is 1. The lowest BCUT2D eigenvalue weighted by atomic mass is 10.2.